The van der Waals surface area contributed by atoms with Gasteiger partial charge in [-0.25, -0.2) is 0 Å². The molecular weight excluding hydrogens is 230 g/mol. The van der Waals surface area contributed by atoms with Crippen LogP contribution in [0.5, 0.6) is 0 Å². The van der Waals surface area contributed by atoms with E-state index in [-0.39, 0.29) is 5.91 Å². The summed E-state index contributed by atoms with van der Waals surface area (Å²) in [5, 5.41) is 3.04. The molecule has 0 aliphatic carbocycles. The zero-order chi connectivity index (χ0) is 13.0. The smallest absolute Gasteiger partial charge is 0.240 e. The van der Waals surface area contributed by atoms with Crippen molar-refractivity contribution in [1.29, 1.82) is 0 Å². The van der Waals surface area contributed by atoms with E-state index >= 15 is 0 Å². The number of carbonyl (C=O) groups is 1. The Morgan fingerprint density at radius 1 is 1.50 bits per heavy atom. The third kappa shape index (κ3) is 3.43. The molecule has 18 heavy (non-hydrogen) atoms. The van der Waals surface area contributed by atoms with Gasteiger partial charge in [0, 0.05) is 26.3 Å². The Bertz CT molecular complexity index is 290. The number of likely N-dealkylation sites (tertiary alicyclic amines) is 1. The van der Waals surface area contributed by atoms with Gasteiger partial charge in [0.2, 0.25) is 5.91 Å². The van der Waals surface area contributed by atoms with E-state index in [0.717, 1.165) is 13.1 Å². The van der Waals surface area contributed by atoms with Crippen LogP contribution in [0.15, 0.2) is 0 Å². The summed E-state index contributed by atoms with van der Waals surface area (Å²) in [5.41, 5.74) is 5.43. The van der Waals surface area contributed by atoms with Crippen LogP contribution in [0, 0.1) is 5.92 Å². The number of hydrogen-bond acceptors (Lipinski definition) is 4. The minimum atomic E-state index is -0.710. The summed E-state index contributed by atoms with van der Waals surface area (Å²) in [5.74, 6) is 0.565. The highest BCUT2D eigenvalue weighted by molar-refractivity contribution is 5.86. The van der Waals surface area contributed by atoms with Crippen molar-refractivity contribution in [2.45, 2.75) is 31.2 Å². The predicted molar refractivity (Wildman–Crippen MR) is 70.2 cm³/mol. The van der Waals surface area contributed by atoms with Gasteiger partial charge in [-0.1, -0.05) is 0 Å². The molecule has 0 aromatic carbocycles. The number of ether oxygens (including phenoxy) is 1. The molecule has 2 saturated heterocycles. The molecule has 0 aromatic rings. The first kappa shape index (κ1) is 13.8. The highest BCUT2D eigenvalue weighted by Crippen LogP contribution is 2.19. The molecule has 0 saturated carbocycles. The first-order chi connectivity index (χ1) is 8.60. The highest BCUT2D eigenvalue weighted by atomic mass is 16.5. The predicted octanol–water partition coefficient (Wildman–Crippen LogP) is -0.0477. The first-order valence-electron chi connectivity index (χ1n) is 6.94. The average Bonchev–Trinajstić information content (AvgIpc) is 2.37. The van der Waals surface area contributed by atoms with E-state index in [1.807, 2.05) is 0 Å². The van der Waals surface area contributed by atoms with E-state index in [0.29, 0.717) is 32.0 Å². The van der Waals surface area contributed by atoms with E-state index in [9.17, 15) is 4.79 Å². The monoisotopic (exact) mass is 255 g/mol. The van der Waals surface area contributed by atoms with Gasteiger partial charge in [-0.15, -0.1) is 0 Å². The maximum absolute atomic E-state index is 12.1. The van der Waals surface area contributed by atoms with Gasteiger partial charge >= 0.3 is 0 Å². The van der Waals surface area contributed by atoms with Crippen molar-refractivity contribution in [3.8, 4) is 0 Å². The summed E-state index contributed by atoms with van der Waals surface area (Å²) in [4.78, 5) is 14.5. The van der Waals surface area contributed by atoms with Gasteiger partial charge in [0.05, 0.1) is 5.54 Å². The highest BCUT2D eigenvalue weighted by Gasteiger charge is 2.36. The number of rotatable bonds is 3. The quantitative estimate of drug-likeness (QED) is 0.742. The van der Waals surface area contributed by atoms with E-state index in [1.165, 1.54) is 19.4 Å². The van der Waals surface area contributed by atoms with E-state index in [2.05, 4.69) is 17.3 Å². The number of hydrogen-bond donors (Lipinski definition) is 2. The van der Waals surface area contributed by atoms with E-state index < -0.39 is 5.54 Å². The Balaban J connectivity index is 1.76. The van der Waals surface area contributed by atoms with Gasteiger partial charge in [-0.3, -0.25) is 4.79 Å². The molecule has 0 bridgehead atoms. The Hall–Kier alpha value is -0.650. The molecule has 2 aliphatic heterocycles. The maximum atomic E-state index is 12.1. The number of amides is 1. The Labute approximate surface area is 109 Å². The van der Waals surface area contributed by atoms with Crippen LogP contribution < -0.4 is 11.1 Å². The lowest BCUT2D eigenvalue weighted by atomic mass is 9.90. The van der Waals surface area contributed by atoms with Crippen molar-refractivity contribution in [3.05, 3.63) is 0 Å². The van der Waals surface area contributed by atoms with Crippen LogP contribution in [-0.4, -0.2) is 56.2 Å². The molecule has 5 heteroatoms. The van der Waals surface area contributed by atoms with Crippen LogP contribution in [0.25, 0.3) is 0 Å². The molecule has 1 amide bonds. The van der Waals surface area contributed by atoms with Crippen LogP contribution >= 0.6 is 0 Å². The van der Waals surface area contributed by atoms with Gasteiger partial charge in [0.15, 0.2) is 0 Å². The SMILES string of the molecule is CN1CCCC(CNC(=O)C2(N)CCOCC2)C1. The number of nitrogens with one attached hydrogen (secondary N) is 1. The van der Waals surface area contributed by atoms with Crippen molar-refractivity contribution in [2.24, 2.45) is 11.7 Å². The summed E-state index contributed by atoms with van der Waals surface area (Å²) < 4.78 is 5.26. The van der Waals surface area contributed by atoms with Crippen molar-refractivity contribution >= 4 is 5.91 Å². The summed E-state index contributed by atoms with van der Waals surface area (Å²) in [7, 11) is 2.14. The maximum Gasteiger partial charge on any atom is 0.240 e. The standard InChI is InChI=1S/C13H25N3O2/c1-16-6-2-3-11(10-16)9-15-12(17)13(14)4-7-18-8-5-13/h11H,2-10,14H2,1H3,(H,15,17). The minimum Gasteiger partial charge on any atom is -0.381 e. The lowest BCUT2D eigenvalue weighted by molar-refractivity contribution is -0.130. The normalized spacial score (nSPS) is 28.9. The van der Waals surface area contributed by atoms with Gasteiger partial charge in [0.1, 0.15) is 0 Å². The van der Waals surface area contributed by atoms with E-state index in [1.54, 1.807) is 0 Å². The Morgan fingerprint density at radius 2 is 2.22 bits per heavy atom. The van der Waals surface area contributed by atoms with Crippen LogP contribution in [0.4, 0.5) is 0 Å². The lowest BCUT2D eigenvalue weighted by Crippen LogP contribution is -2.57. The molecule has 0 spiro atoms. The first-order valence-corrected chi connectivity index (χ1v) is 6.94. The lowest BCUT2D eigenvalue weighted by Gasteiger charge is -2.34. The molecule has 1 unspecified atom stereocenters. The second kappa shape index (κ2) is 5.99. The molecule has 2 rings (SSSR count). The Morgan fingerprint density at radius 3 is 2.89 bits per heavy atom. The van der Waals surface area contributed by atoms with E-state index in [4.69, 9.17) is 10.5 Å². The third-order valence-corrected chi connectivity index (χ3v) is 4.11. The summed E-state index contributed by atoms with van der Waals surface area (Å²) in [6.07, 6.45) is 3.68. The molecule has 3 N–H and O–H groups in total. The third-order valence-electron chi connectivity index (χ3n) is 4.11. The fraction of sp³-hybridized carbons (Fsp3) is 0.923. The van der Waals surface area contributed by atoms with Crippen molar-refractivity contribution in [3.63, 3.8) is 0 Å². The average molecular weight is 255 g/mol. The second-order valence-corrected chi connectivity index (χ2v) is 5.75. The second-order valence-electron chi connectivity index (χ2n) is 5.75. The molecule has 2 fully saturated rings. The van der Waals surface area contributed by atoms with Crippen molar-refractivity contribution < 1.29 is 9.53 Å². The van der Waals surface area contributed by atoms with Crippen LogP contribution in [0.1, 0.15) is 25.7 Å². The fourth-order valence-electron chi connectivity index (χ4n) is 2.82. The number of carbonyl (C=O) groups excluding carboxylic acids is 1. The zero-order valence-corrected chi connectivity index (χ0v) is 11.3. The molecular formula is C13H25N3O2. The topological polar surface area (TPSA) is 67.6 Å². The largest absolute Gasteiger partial charge is 0.381 e. The van der Waals surface area contributed by atoms with Gasteiger partial charge in [0.25, 0.3) is 0 Å². The number of piperidine rings is 1. The van der Waals surface area contributed by atoms with Crippen LogP contribution in [-0.2, 0) is 9.53 Å². The Kier molecular flexibility index (Phi) is 4.59. The molecule has 104 valence electrons. The van der Waals surface area contributed by atoms with Crippen molar-refractivity contribution in [2.75, 3.05) is 39.9 Å². The van der Waals surface area contributed by atoms with Gasteiger partial charge in [-0.2, -0.15) is 0 Å². The fourth-order valence-corrected chi connectivity index (χ4v) is 2.82. The van der Waals surface area contributed by atoms with Gasteiger partial charge in [-0.05, 0) is 45.2 Å². The van der Waals surface area contributed by atoms with Crippen molar-refractivity contribution in [1.82, 2.24) is 10.2 Å². The minimum absolute atomic E-state index is 0.000901. The summed E-state index contributed by atoms with van der Waals surface area (Å²) in [6, 6.07) is 0. The molecule has 0 radical (unpaired) electrons. The summed E-state index contributed by atoms with van der Waals surface area (Å²) in [6.45, 7) is 4.18. The van der Waals surface area contributed by atoms with Crippen LogP contribution in [0.2, 0.25) is 0 Å². The van der Waals surface area contributed by atoms with Crippen LogP contribution in [0.3, 0.4) is 0 Å². The molecule has 2 heterocycles. The number of nitrogens with zero attached hydrogens (tertiary/aromatic N) is 1. The zero-order valence-electron chi connectivity index (χ0n) is 11.3. The summed E-state index contributed by atoms with van der Waals surface area (Å²) >= 11 is 0. The molecule has 1 atom stereocenters. The molecule has 0 aromatic heterocycles. The number of nitrogens with two attached hydrogens (primary N) is 1. The van der Waals surface area contributed by atoms with Gasteiger partial charge < -0.3 is 20.7 Å². The molecule has 5 nitrogen and oxygen atoms in total. The molecule has 2 aliphatic rings.